The lowest BCUT2D eigenvalue weighted by Gasteiger charge is -2.28. The van der Waals surface area contributed by atoms with Crippen LogP contribution in [0, 0.1) is 0 Å². The highest BCUT2D eigenvalue weighted by molar-refractivity contribution is 5.30. The topological polar surface area (TPSA) is 53.1 Å². The normalized spacial score (nSPS) is 26.7. The second-order valence-corrected chi connectivity index (χ2v) is 4.14. The molecule has 1 aromatic rings. The molecule has 0 saturated heterocycles. The summed E-state index contributed by atoms with van der Waals surface area (Å²) >= 11 is 0. The van der Waals surface area contributed by atoms with Crippen molar-refractivity contribution in [3.63, 3.8) is 0 Å². The van der Waals surface area contributed by atoms with Crippen LogP contribution in [0.4, 0.5) is 5.69 Å². The van der Waals surface area contributed by atoms with E-state index in [4.69, 9.17) is 10.5 Å². The van der Waals surface area contributed by atoms with Crippen molar-refractivity contribution >= 4 is 5.69 Å². The third-order valence-electron chi connectivity index (χ3n) is 3.04. The number of ether oxygens (including phenoxy) is 1. The van der Waals surface area contributed by atoms with E-state index < -0.39 is 0 Å². The van der Waals surface area contributed by atoms with Gasteiger partial charge >= 0.3 is 0 Å². The molecule has 1 aliphatic carbocycles. The van der Waals surface area contributed by atoms with Gasteiger partial charge in [-0.3, -0.25) is 4.68 Å². The first-order valence-corrected chi connectivity index (χ1v) is 5.71. The number of rotatable bonds is 3. The highest BCUT2D eigenvalue weighted by Crippen LogP contribution is 2.29. The minimum absolute atomic E-state index is 0.458. The number of nitrogens with two attached hydrogens (primary N) is 1. The van der Waals surface area contributed by atoms with Crippen molar-refractivity contribution in [3.05, 3.63) is 12.4 Å². The summed E-state index contributed by atoms with van der Waals surface area (Å²) in [6.45, 7) is 2.88. The molecule has 0 spiro atoms. The number of hydrogen-bond donors (Lipinski definition) is 1. The van der Waals surface area contributed by atoms with Gasteiger partial charge in [0.1, 0.15) is 0 Å². The summed E-state index contributed by atoms with van der Waals surface area (Å²) in [7, 11) is 0. The predicted molar refractivity (Wildman–Crippen MR) is 59.6 cm³/mol. The van der Waals surface area contributed by atoms with Crippen LogP contribution in [0.15, 0.2) is 12.4 Å². The fourth-order valence-corrected chi connectivity index (χ4v) is 2.26. The van der Waals surface area contributed by atoms with E-state index in [9.17, 15) is 0 Å². The van der Waals surface area contributed by atoms with Gasteiger partial charge in [-0.05, 0) is 32.6 Å². The Morgan fingerprint density at radius 1 is 1.47 bits per heavy atom. The Morgan fingerprint density at radius 3 is 2.73 bits per heavy atom. The van der Waals surface area contributed by atoms with Crippen molar-refractivity contribution < 1.29 is 4.74 Å². The molecule has 0 bridgehead atoms. The molecule has 84 valence electrons. The smallest absolute Gasteiger partial charge is 0.0719 e. The van der Waals surface area contributed by atoms with Crippen LogP contribution in [0.1, 0.15) is 38.6 Å². The van der Waals surface area contributed by atoms with E-state index in [1.165, 1.54) is 0 Å². The van der Waals surface area contributed by atoms with E-state index in [-0.39, 0.29) is 0 Å². The Bertz CT molecular complexity index is 303. The van der Waals surface area contributed by atoms with Crippen molar-refractivity contribution in [2.24, 2.45) is 0 Å². The molecule has 0 unspecified atom stereocenters. The van der Waals surface area contributed by atoms with Gasteiger partial charge < -0.3 is 10.5 Å². The van der Waals surface area contributed by atoms with Crippen molar-refractivity contribution in [1.29, 1.82) is 0 Å². The average Bonchev–Trinajstić information content (AvgIpc) is 2.67. The third-order valence-corrected chi connectivity index (χ3v) is 3.04. The highest BCUT2D eigenvalue weighted by atomic mass is 16.5. The Kier molecular flexibility index (Phi) is 3.26. The maximum absolute atomic E-state index is 5.65. The summed E-state index contributed by atoms with van der Waals surface area (Å²) in [6, 6.07) is 0.513. The van der Waals surface area contributed by atoms with Gasteiger partial charge in [0.2, 0.25) is 0 Å². The maximum atomic E-state index is 5.65. The van der Waals surface area contributed by atoms with Gasteiger partial charge in [0.05, 0.1) is 24.0 Å². The quantitative estimate of drug-likeness (QED) is 0.828. The first kappa shape index (κ1) is 10.5. The predicted octanol–water partition coefficient (Wildman–Crippen LogP) is 1.99. The van der Waals surface area contributed by atoms with E-state index in [0.29, 0.717) is 12.1 Å². The highest BCUT2D eigenvalue weighted by Gasteiger charge is 2.22. The Hall–Kier alpha value is -1.03. The minimum Gasteiger partial charge on any atom is -0.396 e. The zero-order valence-corrected chi connectivity index (χ0v) is 9.22. The summed E-state index contributed by atoms with van der Waals surface area (Å²) in [6.07, 6.45) is 8.66. The molecular formula is C11H19N3O. The van der Waals surface area contributed by atoms with E-state index in [1.54, 1.807) is 6.20 Å². The van der Waals surface area contributed by atoms with Crippen LogP contribution in [0.25, 0.3) is 0 Å². The van der Waals surface area contributed by atoms with Gasteiger partial charge in [-0.2, -0.15) is 5.10 Å². The van der Waals surface area contributed by atoms with Gasteiger partial charge in [-0.1, -0.05) is 0 Å². The molecule has 1 saturated carbocycles. The summed E-state index contributed by atoms with van der Waals surface area (Å²) in [5.74, 6) is 0. The molecule has 0 amide bonds. The zero-order chi connectivity index (χ0) is 10.7. The van der Waals surface area contributed by atoms with E-state index in [1.807, 2.05) is 10.9 Å². The Balaban J connectivity index is 1.88. The molecule has 1 aliphatic rings. The summed E-state index contributed by atoms with van der Waals surface area (Å²) in [5.41, 5.74) is 6.40. The lowest BCUT2D eigenvalue weighted by Crippen LogP contribution is -2.23. The Morgan fingerprint density at radius 2 is 2.20 bits per heavy atom. The van der Waals surface area contributed by atoms with E-state index >= 15 is 0 Å². The molecule has 15 heavy (non-hydrogen) atoms. The lowest BCUT2D eigenvalue weighted by atomic mass is 9.93. The molecule has 4 nitrogen and oxygen atoms in total. The van der Waals surface area contributed by atoms with Crippen LogP contribution < -0.4 is 5.73 Å². The number of nitrogen functional groups attached to an aromatic ring is 1. The first-order valence-electron chi connectivity index (χ1n) is 5.71. The van der Waals surface area contributed by atoms with Gasteiger partial charge in [-0.25, -0.2) is 0 Å². The number of aromatic nitrogens is 2. The summed E-state index contributed by atoms with van der Waals surface area (Å²) in [5, 5.41) is 4.26. The second-order valence-electron chi connectivity index (χ2n) is 4.14. The molecule has 1 heterocycles. The summed E-state index contributed by atoms with van der Waals surface area (Å²) in [4.78, 5) is 0. The molecule has 0 aliphatic heterocycles. The monoisotopic (exact) mass is 209 g/mol. The lowest BCUT2D eigenvalue weighted by molar-refractivity contribution is 0.0259. The molecule has 0 atom stereocenters. The van der Waals surface area contributed by atoms with Gasteiger partial charge in [0, 0.05) is 12.8 Å². The van der Waals surface area contributed by atoms with Crippen molar-refractivity contribution in [2.75, 3.05) is 12.3 Å². The number of anilines is 1. The fourth-order valence-electron chi connectivity index (χ4n) is 2.26. The Labute approximate surface area is 90.4 Å². The van der Waals surface area contributed by atoms with Crippen LogP contribution in [0.2, 0.25) is 0 Å². The van der Waals surface area contributed by atoms with Crippen molar-refractivity contribution in [2.45, 2.75) is 44.8 Å². The molecule has 1 aromatic heterocycles. The number of nitrogens with zero attached hydrogens (tertiary/aromatic N) is 2. The van der Waals surface area contributed by atoms with Crippen LogP contribution in [-0.2, 0) is 4.74 Å². The molecule has 0 aromatic carbocycles. The second kappa shape index (κ2) is 4.66. The number of hydrogen-bond acceptors (Lipinski definition) is 3. The minimum atomic E-state index is 0.458. The SMILES string of the molecule is CCOC1CCC(n2cc(N)cn2)CC1. The molecule has 2 rings (SSSR count). The van der Waals surface area contributed by atoms with Crippen LogP contribution in [0.3, 0.4) is 0 Å². The molecule has 2 N–H and O–H groups in total. The molecule has 1 fully saturated rings. The van der Waals surface area contributed by atoms with Crippen molar-refractivity contribution in [3.8, 4) is 0 Å². The van der Waals surface area contributed by atoms with Gasteiger partial charge in [0.15, 0.2) is 0 Å². The zero-order valence-electron chi connectivity index (χ0n) is 9.22. The molecule has 4 heteroatoms. The van der Waals surface area contributed by atoms with Crippen LogP contribution in [0.5, 0.6) is 0 Å². The fraction of sp³-hybridized carbons (Fsp3) is 0.727. The third kappa shape index (κ3) is 2.50. The van der Waals surface area contributed by atoms with Crippen LogP contribution in [-0.4, -0.2) is 22.5 Å². The molecular weight excluding hydrogens is 190 g/mol. The molecule has 0 radical (unpaired) electrons. The van der Waals surface area contributed by atoms with Gasteiger partial charge in [-0.15, -0.1) is 0 Å². The standard InChI is InChI=1S/C11H19N3O/c1-2-15-11-5-3-10(4-6-11)14-8-9(12)7-13-14/h7-8,10-11H,2-6,12H2,1H3. The van der Waals surface area contributed by atoms with Gasteiger partial charge in [0.25, 0.3) is 0 Å². The first-order chi connectivity index (χ1) is 7.29. The largest absolute Gasteiger partial charge is 0.396 e. The maximum Gasteiger partial charge on any atom is 0.0719 e. The van der Waals surface area contributed by atoms with E-state index in [2.05, 4.69) is 12.0 Å². The summed E-state index contributed by atoms with van der Waals surface area (Å²) < 4.78 is 7.62. The van der Waals surface area contributed by atoms with E-state index in [0.717, 1.165) is 38.0 Å². The average molecular weight is 209 g/mol. The van der Waals surface area contributed by atoms with Crippen LogP contribution >= 0.6 is 0 Å². The van der Waals surface area contributed by atoms with Crippen molar-refractivity contribution in [1.82, 2.24) is 9.78 Å².